The molecule has 4 rings (SSSR count). The van der Waals surface area contributed by atoms with E-state index in [-0.39, 0.29) is 0 Å². The van der Waals surface area contributed by atoms with Crippen molar-refractivity contribution in [2.24, 2.45) is 0 Å². The number of hydrogen-bond acceptors (Lipinski definition) is 4. The topological polar surface area (TPSA) is 51.6 Å². The minimum absolute atomic E-state index is 0.500. The number of nitrogens with zero attached hydrogens (tertiary/aromatic N) is 4. The second-order valence-electron chi connectivity index (χ2n) is 7.59. The fraction of sp³-hybridized carbons (Fsp3) is 0.333. The molecule has 2 aromatic carbocycles. The highest BCUT2D eigenvalue weighted by molar-refractivity contribution is 9.11. The van der Waals surface area contributed by atoms with Crippen LogP contribution in [-0.2, 0) is 11.8 Å². The maximum absolute atomic E-state index is 14.3. The molecule has 0 spiro atoms. The van der Waals surface area contributed by atoms with Crippen LogP contribution in [0.3, 0.4) is 0 Å². The molecular weight excluding hydrogens is 698 g/mol. The molecule has 0 N–H and O–H groups in total. The minimum Gasteiger partial charge on any atom is -0.227 e. The third kappa shape index (κ3) is 3.75. The summed E-state index contributed by atoms with van der Waals surface area (Å²) in [6.07, 6.45) is -13.5. The monoisotopic (exact) mass is 698 g/mol. The zero-order valence-corrected chi connectivity index (χ0v) is 20.2. The van der Waals surface area contributed by atoms with Crippen LogP contribution in [0.4, 0.5) is 61.5 Å². The van der Waals surface area contributed by atoms with Gasteiger partial charge in [-0.15, -0.1) is 0 Å². The Hall–Kier alpha value is -2.38. The highest BCUT2D eigenvalue weighted by Crippen LogP contribution is 2.53. The lowest BCUT2D eigenvalue weighted by Gasteiger charge is -2.28. The number of aromatic nitrogens is 4. The number of hydrogen-bond donors (Lipinski definition) is 0. The number of benzene rings is 2. The molecule has 0 saturated heterocycles. The molecule has 4 aromatic rings. The summed E-state index contributed by atoms with van der Waals surface area (Å²) in [5, 5.41) is -1.00. The molecule has 20 heteroatoms. The van der Waals surface area contributed by atoms with Crippen LogP contribution in [0.1, 0.15) is 11.6 Å². The third-order valence-electron chi connectivity index (χ3n) is 5.17. The number of rotatable bonds is 4. The van der Waals surface area contributed by atoms with Crippen LogP contribution >= 0.6 is 31.9 Å². The van der Waals surface area contributed by atoms with Crippen molar-refractivity contribution in [1.82, 2.24) is 19.9 Å². The van der Waals surface area contributed by atoms with Crippen molar-refractivity contribution in [2.75, 3.05) is 0 Å². The van der Waals surface area contributed by atoms with Crippen molar-refractivity contribution >= 4 is 64.7 Å². The van der Waals surface area contributed by atoms with Gasteiger partial charge in [0.15, 0.2) is 0 Å². The maximum atomic E-state index is 14.3. The Kier molecular flexibility index (Phi) is 6.08. The zero-order chi connectivity index (χ0) is 29.0. The number of halogens is 16. The van der Waals surface area contributed by atoms with Crippen LogP contribution in [0.2, 0.25) is 0 Å². The summed E-state index contributed by atoms with van der Waals surface area (Å²) in [6.45, 7) is 0. The Balaban J connectivity index is 2.06. The summed E-state index contributed by atoms with van der Waals surface area (Å²) in [6, 6.07) is 1.20. The molecule has 0 radical (unpaired) electrons. The van der Waals surface area contributed by atoms with Gasteiger partial charge in [-0.25, -0.2) is 19.9 Å². The Morgan fingerprint density at radius 3 is 1.03 bits per heavy atom. The van der Waals surface area contributed by atoms with Gasteiger partial charge in [0, 0.05) is 19.7 Å². The molecule has 206 valence electrons. The predicted molar refractivity (Wildman–Crippen MR) is 107 cm³/mol. The Morgan fingerprint density at radius 2 is 0.763 bits per heavy atom. The number of alkyl halides is 14. The highest BCUT2D eigenvalue weighted by atomic mass is 79.9. The van der Waals surface area contributed by atoms with E-state index in [0.717, 1.165) is 0 Å². The van der Waals surface area contributed by atoms with E-state index < -0.39 is 89.5 Å². The fourth-order valence-electron chi connectivity index (χ4n) is 3.30. The summed E-state index contributed by atoms with van der Waals surface area (Å²) in [5.74, 6) is -29.9. The van der Waals surface area contributed by atoms with Crippen LogP contribution in [0.15, 0.2) is 21.1 Å². The molecule has 0 aliphatic heterocycles. The quantitative estimate of drug-likeness (QED) is 0.159. The van der Waals surface area contributed by atoms with Gasteiger partial charge >= 0.3 is 36.0 Å². The third-order valence-corrected chi connectivity index (χ3v) is 6.37. The van der Waals surface area contributed by atoms with Gasteiger partial charge in [0.1, 0.15) is 0 Å². The van der Waals surface area contributed by atoms with Crippen molar-refractivity contribution in [3.63, 3.8) is 0 Å². The molecule has 0 aliphatic rings. The lowest BCUT2D eigenvalue weighted by atomic mass is 10.0. The molecule has 0 unspecified atom stereocenters. The van der Waals surface area contributed by atoms with Crippen molar-refractivity contribution in [3.05, 3.63) is 32.7 Å². The largest absolute Gasteiger partial charge is 0.460 e. The lowest BCUT2D eigenvalue weighted by Crippen LogP contribution is -2.50. The van der Waals surface area contributed by atoms with Crippen molar-refractivity contribution in [3.8, 4) is 0 Å². The average Bonchev–Trinajstić information content (AvgIpc) is 2.76. The van der Waals surface area contributed by atoms with E-state index >= 15 is 0 Å². The van der Waals surface area contributed by atoms with Crippen LogP contribution in [-0.4, -0.2) is 44.1 Å². The van der Waals surface area contributed by atoms with E-state index in [9.17, 15) is 61.5 Å². The fourth-order valence-corrected chi connectivity index (χ4v) is 4.31. The molecule has 2 heterocycles. The predicted octanol–water partition coefficient (Wildman–Crippen LogP) is 8.27. The van der Waals surface area contributed by atoms with Crippen molar-refractivity contribution < 1.29 is 61.5 Å². The first-order valence-electron chi connectivity index (χ1n) is 9.22. The zero-order valence-electron chi connectivity index (χ0n) is 17.0. The second kappa shape index (κ2) is 8.07. The first-order valence-corrected chi connectivity index (χ1v) is 10.8. The van der Waals surface area contributed by atoms with Crippen LogP contribution in [0.25, 0.3) is 32.8 Å². The van der Waals surface area contributed by atoms with E-state index in [4.69, 9.17) is 0 Å². The van der Waals surface area contributed by atoms with Gasteiger partial charge in [-0.05, 0) is 44.0 Å². The average molecular weight is 700 g/mol. The summed E-state index contributed by atoms with van der Waals surface area (Å²) >= 11 is 5.40. The first kappa shape index (κ1) is 28.6. The summed E-state index contributed by atoms with van der Waals surface area (Å²) < 4.78 is 186. The van der Waals surface area contributed by atoms with Gasteiger partial charge < -0.3 is 0 Å². The van der Waals surface area contributed by atoms with Gasteiger partial charge in [0.2, 0.25) is 11.6 Å². The Morgan fingerprint density at radius 1 is 0.474 bits per heavy atom. The summed E-state index contributed by atoms with van der Waals surface area (Å²) in [4.78, 5) is 12.3. The normalized spacial score (nSPS) is 14.8. The molecular formula is C18H2Br2F14N4. The molecule has 4 nitrogen and oxygen atoms in total. The molecule has 0 amide bonds. The van der Waals surface area contributed by atoms with Gasteiger partial charge in [-0.3, -0.25) is 0 Å². The lowest BCUT2D eigenvalue weighted by molar-refractivity contribution is -0.361. The van der Waals surface area contributed by atoms with Crippen LogP contribution < -0.4 is 0 Å². The van der Waals surface area contributed by atoms with Crippen LogP contribution in [0.5, 0.6) is 0 Å². The Labute approximate surface area is 215 Å². The smallest absolute Gasteiger partial charge is 0.227 e. The molecule has 0 aliphatic carbocycles. The summed E-state index contributed by atoms with van der Waals surface area (Å²) in [5.41, 5.74) is -3.12. The molecule has 2 aromatic heterocycles. The van der Waals surface area contributed by atoms with Gasteiger partial charge in [0.25, 0.3) is 0 Å². The van der Waals surface area contributed by atoms with Crippen LogP contribution in [0, 0.1) is 0 Å². The van der Waals surface area contributed by atoms with Crippen molar-refractivity contribution in [2.45, 2.75) is 36.0 Å². The van der Waals surface area contributed by atoms with Crippen molar-refractivity contribution in [1.29, 1.82) is 0 Å². The van der Waals surface area contributed by atoms with E-state index in [1.807, 2.05) is 0 Å². The SMILES string of the molecule is FC(F)(F)C(F)(F)C(F)(F)c1nc2cc(Br)c3nc(C(F)(F)C(F)(F)C(F)(F)F)nc4cc(Br)c(n1)c2c43. The standard InChI is InChI=1S/C18H2Br2F14N4/c19-3-1-5-7-8-6(36-12(37-9(3)8)14(23,24)16(27,28)18(32,33)34)2-4(20)10(7)38-11(35-5)13(21,22)15(25,26)17(29,30)31/h1-2H. The van der Waals surface area contributed by atoms with E-state index in [1.54, 1.807) is 0 Å². The minimum atomic E-state index is -6.73. The molecule has 38 heavy (non-hydrogen) atoms. The highest BCUT2D eigenvalue weighted by Gasteiger charge is 2.76. The second-order valence-corrected chi connectivity index (χ2v) is 9.30. The van der Waals surface area contributed by atoms with Gasteiger partial charge in [0.05, 0.1) is 22.1 Å². The summed E-state index contributed by atoms with van der Waals surface area (Å²) in [7, 11) is 0. The first-order chi connectivity index (χ1) is 17.0. The molecule has 0 fully saturated rings. The van der Waals surface area contributed by atoms with Gasteiger partial charge in [-0.1, -0.05) is 0 Å². The molecule has 0 atom stereocenters. The van der Waals surface area contributed by atoms with Gasteiger partial charge in [-0.2, -0.15) is 61.5 Å². The Bertz CT molecular complexity index is 1460. The van der Waals surface area contributed by atoms with E-state index in [2.05, 4.69) is 51.8 Å². The van der Waals surface area contributed by atoms with E-state index in [1.165, 1.54) is 0 Å². The van der Waals surface area contributed by atoms with E-state index in [0.29, 0.717) is 12.1 Å². The maximum Gasteiger partial charge on any atom is 0.460 e. The molecule has 0 saturated carbocycles. The molecule has 0 bridgehead atoms.